The third-order valence-corrected chi connectivity index (χ3v) is 5.97. The van der Waals surface area contributed by atoms with Gasteiger partial charge in [0.1, 0.15) is 11.6 Å². The highest BCUT2D eigenvalue weighted by Crippen LogP contribution is 2.27. The van der Waals surface area contributed by atoms with Crippen LogP contribution in [0.25, 0.3) is 10.9 Å². The third-order valence-electron chi connectivity index (χ3n) is 5.97. The van der Waals surface area contributed by atoms with Gasteiger partial charge in [0.15, 0.2) is 0 Å². The molecule has 0 aliphatic heterocycles. The number of anilines is 2. The van der Waals surface area contributed by atoms with E-state index in [4.69, 9.17) is 9.97 Å². The maximum Gasteiger partial charge on any atom is 0.225 e. The molecule has 0 spiro atoms. The number of nitrogens with zero attached hydrogens (tertiary/aromatic N) is 3. The zero-order chi connectivity index (χ0) is 21.1. The van der Waals surface area contributed by atoms with Gasteiger partial charge in [-0.15, -0.1) is 0 Å². The molecule has 0 radical (unpaired) electrons. The van der Waals surface area contributed by atoms with Crippen LogP contribution >= 0.6 is 0 Å². The number of aromatic hydroxyl groups is 1. The number of fused-ring (bicyclic) bond motifs is 1. The third kappa shape index (κ3) is 4.49. The summed E-state index contributed by atoms with van der Waals surface area (Å²) < 4.78 is 0. The van der Waals surface area contributed by atoms with Crippen molar-refractivity contribution in [2.24, 2.45) is 0 Å². The first-order valence-electron chi connectivity index (χ1n) is 10.7. The van der Waals surface area contributed by atoms with E-state index in [1.165, 1.54) is 0 Å². The average Bonchev–Trinajstić information content (AvgIpc) is 2.75. The topological polar surface area (TPSA) is 73.3 Å². The Morgan fingerprint density at radius 3 is 2.47 bits per heavy atom. The fourth-order valence-electron chi connectivity index (χ4n) is 4.21. The summed E-state index contributed by atoms with van der Waals surface area (Å²) in [5, 5.41) is 18.4. The van der Waals surface area contributed by atoms with Crippen LogP contribution in [0.15, 0.2) is 42.5 Å². The largest absolute Gasteiger partial charge is 0.507 e. The van der Waals surface area contributed by atoms with Crippen LogP contribution < -0.4 is 15.5 Å². The van der Waals surface area contributed by atoms with Gasteiger partial charge >= 0.3 is 0 Å². The SMILES string of the molecule is Cc1cccc(CNC2CCC(Nc3nc(N(C)C)c4ccccc4n3)CC2)c1O. The minimum Gasteiger partial charge on any atom is -0.507 e. The normalized spacial score (nSPS) is 19.0. The Morgan fingerprint density at radius 1 is 0.967 bits per heavy atom. The van der Waals surface area contributed by atoms with Crippen LogP contribution in [0.1, 0.15) is 36.8 Å². The number of nitrogens with one attached hydrogen (secondary N) is 2. The molecule has 1 aromatic heterocycles. The van der Waals surface area contributed by atoms with E-state index in [1.807, 2.05) is 62.3 Å². The molecule has 0 saturated heterocycles. The fraction of sp³-hybridized carbons (Fsp3) is 0.417. The Morgan fingerprint density at radius 2 is 1.70 bits per heavy atom. The van der Waals surface area contributed by atoms with E-state index < -0.39 is 0 Å². The summed E-state index contributed by atoms with van der Waals surface area (Å²) in [6, 6.07) is 14.9. The number of rotatable bonds is 6. The quantitative estimate of drug-likeness (QED) is 0.570. The standard InChI is InChI=1S/C24H31N5O/c1-16-7-6-8-17(22(16)30)15-25-18-11-13-19(14-12-18)26-24-27-21-10-5-4-9-20(21)23(28-24)29(2)3/h4-10,18-19,25,30H,11-15H2,1-3H3,(H,26,27,28). The smallest absolute Gasteiger partial charge is 0.225 e. The first-order chi connectivity index (χ1) is 14.5. The summed E-state index contributed by atoms with van der Waals surface area (Å²) in [5.41, 5.74) is 2.86. The molecule has 0 atom stereocenters. The van der Waals surface area contributed by atoms with E-state index in [1.54, 1.807) is 0 Å². The molecule has 0 unspecified atom stereocenters. The van der Waals surface area contributed by atoms with Crippen LogP contribution in [0.4, 0.5) is 11.8 Å². The summed E-state index contributed by atoms with van der Waals surface area (Å²) in [4.78, 5) is 11.5. The lowest BCUT2D eigenvalue weighted by Gasteiger charge is -2.30. The molecule has 158 valence electrons. The van der Waals surface area contributed by atoms with Crippen molar-refractivity contribution in [1.82, 2.24) is 15.3 Å². The maximum absolute atomic E-state index is 10.2. The zero-order valence-corrected chi connectivity index (χ0v) is 18.0. The Bertz CT molecular complexity index is 1010. The van der Waals surface area contributed by atoms with E-state index in [-0.39, 0.29) is 0 Å². The highest BCUT2D eigenvalue weighted by molar-refractivity contribution is 5.90. The lowest BCUT2D eigenvalue weighted by atomic mass is 9.91. The lowest BCUT2D eigenvalue weighted by Crippen LogP contribution is -2.37. The highest BCUT2D eigenvalue weighted by atomic mass is 16.3. The zero-order valence-electron chi connectivity index (χ0n) is 18.0. The second-order valence-corrected chi connectivity index (χ2v) is 8.44. The molecule has 1 heterocycles. The predicted octanol–water partition coefficient (Wildman–Crippen LogP) is 4.22. The molecular formula is C24H31N5O. The minimum absolute atomic E-state index is 0.381. The molecule has 2 aromatic carbocycles. The van der Waals surface area contributed by atoms with Gasteiger partial charge in [-0.2, -0.15) is 4.98 Å². The molecule has 1 saturated carbocycles. The number of para-hydroxylation sites is 2. The van der Waals surface area contributed by atoms with Gasteiger partial charge in [0.2, 0.25) is 5.95 Å². The van der Waals surface area contributed by atoms with E-state index in [9.17, 15) is 5.11 Å². The molecular weight excluding hydrogens is 374 g/mol. The van der Waals surface area contributed by atoms with Crippen LogP contribution in [0.5, 0.6) is 5.75 Å². The van der Waals surface area contributed by atoms with E-state index in [0.717, 1.165) is 53.5 Å². The van der Waals surface area contributed by atoms with E-state index >= 15 is 0 Å². The van der Waals surface area contributed by atoms with Crippen molar-refractivity contribution < 1.29 is 5.11 Å². The number of aryl methyl sites for hydroxylation is 1. The minimum atomic E-state index is 0.381. The Labute approximate surface area is 178 Å². The van der Waals surface area contributed by atoms with Gasteiger partial charge in [-0.05, 0) is 50.3 Å². The number of benzene rings is 2. The monoisotopic (exact) mass is 405 g/mol. The van der Waals surface area contributed by atoms with Crippen LogP contribution in [0, 0.1) is 6.92 Å². The van der Waals surface area contributed by atoms with E-state index in [2.05, 4.69) is 16.7 Å². The molecule has 3 aromatic rings. The van der Waals surface area contributed by atoms with Gasteiger partial charge in [0, 0.05) is 43.7 Å². The number of phenolic OH excluding ortho intramolecular Hbond substituents is 1. The number of hydrogen-bond donors (Lipinski definition) is 3. The lowest BCUT2D eigenvalue weighted by molar-refractivity contribution is 0.349. The first kappa shape index (κ1) is 20.4. The van der Waals surface area contributed by atoms with Crippen LogP contribution in [0.3, 0.4) is 0 Å². The van der Waals surface area contributed by atoms with Gasteiger partial charge < -0.3 is 20.6 Å². The molecule has 4 rings (SSSR count). The predicted molar refractivity (Wildman–Crippen MR) is 123 cm³/mol. The highest BCUT2D eigenvalue weighted by Gasteiger charge is 2.22. The van der Waals surface area contributed by atoms with Crippen LogP contribution in [0.2, 0.25) is 0 Å². The van der Waals surface area contributed by atoms with Crippen molar-refractivity contribution in [1.29, 1.82) is 0 Å². The molecule has 1 aliphatic rings. The van der Waals surface area contributed by atoms with Crippen molar-refractivity contribution in [3.8, 4) is 5.75 Å². The van der Waals surface area contributed by atoms with Gasteiger partial charge in [0.25, 0.3) is 0 Å². The molecule has 0 bridgehead atoms. The number of hydrogen-bond acceptors (Lipinski definition) is 6. The van der Waals surface area contributed by atoms with Crippen molar-refractivity contribution in [2.45, 2.75) is 51.2 Å². The molecule has 1 aliphatic carbocycles. The van der Waals surface area contributed by atoms with Crippen molar-refractivity contribution >= 4 is 22.7 Å². The summed E-state index contributed by atoms with van der Waals surface area (Å²) in [6.45, 7) is 2.64. The molecule has 6 nitrogen and oxygen atoms in total. The molecule has 3 N–H and O–H groups in total. The Balaban J connectivity index is 1.35. The van der Waals surface area contributed by atoms with E-state index in [0.29, 0.717) is 30.3 Å². The van der Waals surface area contributed by atoms with Gasteiger partial charge in [-0.25, -0.2) is 4.98 Å². The Kier molecular flexibility index (Phi) is 6.04. The fourth-order valence-corrected chi connectivity index (χ4v) is 4.21. The summed E-state index contributed by atoms with van der Waals surface area (Å²) in [7, 11) is 4.03. The second kappa shape index (κ2) is 8.88. The van der Waals surface area contributed by atoms with Gasteiger partial charge in [-0.3, -0.25) is 0 Å². The van der Waals surface area contributed by atoms with Crippen LogP contribution in [-0.2, 0) is 6.54 Å². The van der Waals surface area contributed by atoms with Crippen molar-refractivity contribution in [3.63, 3.8) is 0 Å². The molecule has 0 amide bonds. The summed E-state index contributed by atoms with van der Waals surface area (Å²) in [6.07, 6.45) is 4.34. The summed E-state index contributed by atoms with van der Waals surface area (Å²) in [5.74, 6) is 2.06. The molecule has 1 fully saturated rings. The second-order valence-electron chi connectivity index (χ2n) is 8.44. The molecule has 30 heavy (non-hydrogen) atoms. The van der Waals surface area contributed by atoms with Gasteiger partial charge in [0.05, 0.1) is 5.52 Å². The van der Waals surface area contributed by atoms with Crippen LogP contribution in [-0.4, -0.2) is 41.3 Å². The maximum atomic E-state index is 10.2. The summed E-state index contributed by atoms with van der Waals surface area (Å²) >= 11 is 0. The van der Waals surface area contributed by atoms with Crippen molar-refractivity contribution in [2.75, 3.05) is 24.3 Å². The average molecular weight is 406 g/mol. The number of phenols is 1. The van der Waals surface area contributed by atoms with Gasteiger partial charge in [-0.1, -0.05) is 30.3 Å². The van der Waals surface area contributed by atoms with Crippen molar-refractivity contribution in [3.05, 3.63) is 53.6 Å². The Hall–Kier alpha value is -2.86. The number of aromatic nitrogens is 2. The first-order valence-corrected chi connectivity index (χ1v) is 10.7. The molecule has 6 heteroatoms.